The summed E-state index contributed by atoms with van der Waals surface area (Å²) in [5, 5.41) is 0.355. The zero-order valence-electron chi connectivity index (χ0n) is 12.2. The van der Waals surface area contributed by atoms with E-state index in [1.165, 1.54) is 32.1 Å². The lowest BCUT2D eigenvalue weighted by molar-refractivity contribution is 0.524. The minimum atomic E-state index is 0.355. The molecule has 0 N–H and O–H groups in total. The van der Waals surface area contributed by atoms with Crippen LogP contribution in [0.2, 0.25) is 5.28 Å². The summed E-state index contributed by atoms with van der Waals surface area (Å²) >= 11 is 5.98. The third-order valence-corrected chi connectivity index (χ3v) is 4.08. The van der Waals surface area contributed by atoms with E-state index >= 15 is 0 Å². The highest BCUT2D eigenvalue weighted by Gasteiger charge is 2.25. The van der Waals surface area contributed by atoms with Gasteiger partial charge in [0.2, 0.25) is 5.28 Å². The number of aromatic nitrogens is 2. The number of anilines is 1. The average molecular weight is 282 g/mol. The second-order valence-corrected chi connectivity index (χ2v) is 6.30. The molecule has 1 aliphatic rings. The van der Waals surface area contributed by atoms with Crippen LogP contribution < -0.4 is 4.90 Å². The van der Waals surface area contributed by atoms with Crippen LogP contribution >= 0.6 is 11.6 Å². The Morgan fingerprint density at radius 1 is 1.37 bits per heavy atom. The molecule has 1 fully saturated rings. The zero-order chi connectivity index (χ0) is 13.8. The predicted molar refractivity (Wildman–Crippen MR) is 80.8 cm³/mol. The Morgan fingerprint density at radius 2 is 2.05 bits per heavy atom. The maximum absolute atomic E-state index is 5.98. The smallest absolute Gasteiger partial charge is 0.224 e. The molecular formula is C15H24ClN3. The number of hydrogen-bond donors (Lipinski definition) is 0. The summed E-state index contributed by atoms with van der Waals surface area (Å²) in [4.78, 5) is 11.0. The molecule has 19 heavy (non-hydrogen) atoms. The van der Waals surface area contributed by atoms with Gasteiger partial charge in [-0.05, 0) is 43.7 Å². The second kappa shape index (κ2) is 6.56. The van der Waals surface area contributed by atoms with Gasteiger partial charge in [-0.1, -0.05) is 26.7 Å². The van der Waals surface area contributed by atoms with E-state index in [4.69, 9.17) is 11.6 Å². The van der Waals surface area contributed by atoms with Crippen molar-refractivity contribution in [1.29, 1.82) is 0 Å². The molecule has 0 amide bonds. The Morgan fingerprint density at radius 3 is 2.68 bits per heavy atom. The van der Waals surface area contributed by atoms with Crippen LogP contribution in [-0.4, -0.2) is 22.6 Å². The first-order chi connectivity index (χ1) is 9.08. The first kappa shape index (κ1) is 14.6. The molecule has 1 aromatic heterocycles. The molecular weight excluding hydrogens is 258 g/mol. The lowest BCUT2D eigenvalue weighted by Crippen LogP contribution is -2.36. The fraction of sp³-hybridized carbons (Fsp3) is 0.733. The van der Waals surface area contributed by atoms with Gasteiger partial charge in [0.05, 0.1) is 0 Å². The third kappa shape index (κ3) is 3.82. The van der Waals surface area contributed by atoms with Crippen molar-refractivity contribution in [1.82, 2.24) is 9.97 Å². The average Bonchev–Trinajstić information content (AvgIpc) is 2.87. The predicted octanol–water partition coefficient (Wildman–Crippen LogP) is 4.23. The Hall–Kier alpha value is -0.830. The fourth-order valence-electron chi connectivity index (χ4n) is 2.78. The van der Waals surface area contributed by atoms with Crippen molar-refractivity contribution in [3.05, 3.63) is 17.0 Å². The lowest BCUT2D eigenvalue weighted by atomic mass is 10.1. The van der Waals surface area contributed by atoms with Gasteiger partial charge in [0.25, 0.3) is 0 Å². The normalized spacial score (nSPS) is 16.3. The van der Waals surface area contributed by atoms with Crippen LogP contribution in [0.25, 0.3) is 0 Å². The quantitative estimate of drug-likeness (QED) is 0.756. The molecule has 1 saturated carbocycles. The fourth-order valence-corrected chi connectivity index (χ4v) is 2.91. The van der Waals surface area contributed by atoms with Crippen molar-refractivity contribution in [2.75, 3.05) is 11.4 Å². The molecule has 1 heterocycles. The van der Waals surface area contributed by atoms with Gasteiger partial charge in [0.15, 0.2) is 0 Å². The van der Waals surface area contributed by atoms with E-state index in [1.54, 1.807) is 0 Å². The standard InChI is InChI=1S/C15H24ClN3/c1-11(2)8-9-19(13-6-4-5-7-13)14-12(3)10-17-15(16)18-14/h10-11,13H,4-9H2,1-3H3. The molecule has 4 heteroatoms. The van der Waals surface area contributed by atoms with Crippen LogP contribution in [0.3, 0.4) is 0 Å². The van der Waals surface area contributed by atoms with E-state index in [0.29, 0.717) is 17.2 Å². The third-order valence-electron chi connectivity index (χ3n) is 3.90. The van der Waals surface area contributed by atoms with E-state index in [0.717, 1.165) is 17.9 Å². The Labute approximate surface area is 121 Å². The highest BCUT2D eigenvalue weighted by atomic mass is 35.5. The topological polar surface area (TPSA) is 29.0 Å². The second-order valence-electron chi connectivity index (χ2n) is 5.96. The SMILES string of the molecule is Cc1cnc(Cl)nc1N(CCC(C)C)C1CCCC1. The highest BCUT2D eigenvalue weighted by molar-refractivity contribution is 6.28. The molecule has 0 bridgehead atoms. The van der Waals surface area contributed by atoms with Gasteiger partial charge in [-0.3, -0.25) is 0 Å². The van der Waals surface area contributed by atoms with Gasteiger partial charge >= 0.3 is 0 Å². The van der Waals surface area contributed by atoms with Crippen LogP contribution in [0, 0.1) is 12.8 Å². The van der Waals surface area contributed by atoms with Crippen molar-refractivity contribution >= 4 is 17.4 Å². The van der Waals surface area contributed by atoms with E-state index in [2.05, 4.69) is 35.6 Å². The Balaban J connectivity index is 2.21. The molecule has 0 saturated heterocycles. The summed E-state index contributed by atoms with van der Waals surface area (Å²) in [7, 11) is 0. The maximum atomic E-state index is 5.98. The van der Waals surface area contributed by atoms with Gasteiger partial charge in [-0.15, -0.1) is 0 Å². The largest absolute Gasteiger partial charge is 0.353 e. The summed E-state index contributed by atoms with van der Waals surface area (Å²) < 4.78 is 0. The molecule has 1 aromatic rings. The van der Waals surface area contributed by atoms with Crippen molar-refractivity contribution in [3.63, 3.8) is 0 Å². The summed E-state index contributed by atoms with van der Waals surface area (Å²) in [6, 6.07) is 0.628. The molecule has 0 radical (unpaired) electrons. The first-order valence-corrected chi connectivity index (χ1v) is 7.71. The summed E-state index contributed by atoms with van der Waals surface area (Å²) in [5.74, 6) is 1.74. The molecule has 0 atom stereocenters. The molecule has 0 spiro atoms. The van der Waals surface area contributed by atoms with Crippen LogP contribution in [0.5, 0.6) is 0 Å². The molecule has 0 unspecified atom stereocenters. The van der Waals surface area contributed by atoms with Gasteiger partial charge in [-0.2, -0.15) is 0 Å². The van der Waals surface area contributed by atoms with Crippen LogP contribution in [0.1, 0.15) is 51.5 Å². The van der Waals surface area contributed by atoms with Crippen molar-refractivity contribution in [2.24, 2.45) is 5.92 Å². The number of halogens is 1. The van der Waals surface area contributed by atoms with E-state index < -0.39 is 0 Å². The van der Waals surface area contributed by atoms with Crippen molar-refractivity contribution in [3.8, 4) is 0 Å². The minimum Gasteiger partial charge on any atom is -0.353 e. The molecule has 3 nitrogen and oxygen atoms in total. The molecule has 0 aromatic carbocycles. The van der Waals surface area contributed by atoms with Gasteiger partial charge in [0.1, 0.15) is 5.82 Å². The van der Waals surface area contributed by atoms with Gasteiger partial charge in [-0.25, -0.2) is 9.97 Å². The van der Waals surface area contributed by atoms with Gasteiger partial charge < -0.3 is 4.90 Å². The molecule has 0 aliphatic heterocycles. The Kier molecular flexibility index (Phi) is 5.03. The summed E-state index contributed by atoms with van der Waals surface area (Å²) in [6.45, 7) is 7.68. The minimum absolute atomic E-state index is 0.355. The first-order valence-electron chi connectivity index (χ1n) is 7.33. The monoisotopic (exact) mass is 281 g/mol. The number of nitrogens with zero attached hydrogens (tertiary/aromatic N) is 3. The lowest BCUT2D eigenvalue weighted by Gasteiger charge is -2.31. The number of hydrogen-bond acceptors (Lipinski definition) is 3. The van der Waals surface area contributed by atoms with Crippen molar-refractivity contribution < 1.29 is 0 Å². The number of aryl methyl sites for hydroxylation is 1. The Bertz CT molecular complexity index is 414. The van der Waals surface area contributed by atoms with E-state index in [9.17, 15) is 0 Å². The van der Waals surface area contributed by atoms with Crippen LogP contribution in [0.4, 0.5) is 5.82 Å². The molecule has 106 valence electrons. The highest BCUT2D eigenvalue weighted by Crippen LogP contribution is 2.29. The van der Waals surface area contributed by atoms with E-state index in [-0.39, 0.29) is 0 Å². The van der Waals surface area contributed by atoms with E-state index in [1.807, 2.05) is 6.20 Å². The summed E-state index contributed by atoms with van der Waals surface area (Å²) in [6.07, 6.45) is 8.25. The summed E-state index contributed by atoms with van der Waals surface area (Å²) in [5.41, 5.74) is 1.13. The number of rotatable bonds is 5. The van der Waals surface area contributed by atoms with Crippen molar-refractivity contribution in [2.45, 2.75) is 58.9 Å². The molecule has 2 rings (SSSR count). The van der Waals surface area contributed by atoms with Gasteiger partial charge in [0, 0.05) is 24.3 Å². The maximum Gasteiger partial charge on any atom is 0.224 e. The van der Waals surface area contributed by atoms with Crippen LogP contribution in [0.15, 0.2) is 6.20 Å². The van der Waals surface area contributed by atoms with Crippen LogP contribution in [-0.2, 0) is 0 Å². The molecule has 1 aliphatic carbocycles. The zero-order valence-corrected chi connectivity index (χ0v) is 13.0.